The molecule has 38 heavy (non-hydrogen) atoms. The van der Waals surface area contributed by atoms with E-state index in [0.29, 0.717) is 19.8 Å². The van der Waals surface area contributed by atoms with Crippen LogP contribution in [-0.2, 0) is 11.3 Å². The van der Waals surface area contributed by atoms with Crippen molar-refractivity contribution in [1.82, 2.24) is 24.7 Å². The molecule has 0 unspecified atom stereocenters. The van der Waals surface area contributed by atoms with Crippen molar-refractivity contribution in [1.29, 1.82) is 0 Å². The molecule has 1 N–H and O–H groups in total. The molecule has 3 aromatic heterocycles. The second-order valence-electron chi connectivity index (χ2n) is 8.83. The second-order valence-corrected chi connectivity index (χ2v) is 8.83. The number of H-pyrrole nitrogens is 1. The van der Waals surface area contributed by atoms with E-state index in [1.54, 1.807) is 0 Å². The highest BCUT2D eigenvalue weighted by Crippen LogP contribution is 2.34. The van der Waals surface area contributed by atoms with Gasteiger partial charge in [0.15, 0.2) is 5.78 Å². The van der Waals surface area contributed by atoms with Gasteiger partial charge in [0.05, 0.1) is 43.4 Å². The molecule has 2 atom stereocenters. The number of rotatable bonds is 4. The number of ether oxygens (including phenoxy) is 1. The first-order chi connectivity index (χ1) is 18.1. The third-order valence-electron chi connectivity index (χ3n) is 6.23. The van der Waals surface area contributed by atoms with Crippen molar-refractivity contribution in [3.63, 3.8) is 0 Å². The Morgan fingerprint density at radius 1 is 1.26 bits per heavy atom. The summed E-state index contributed by atoms with van der Waals surface area (Å²) in [6.45, 7) is 3.96. The number of morpholine rings is 1. The lowest BCUT2D eigenvalue weighted by Crippen LogP contribution is -2.54. The van der Waals surface area contributed by atoms with Crippen molar-refractivity contribution in [2.45, 2.75) is 45.1 Å². The molecule has 1 saturated heterocycles. The Morgan fingerprint density at radius 3 is 2.63 bits per heavy atom. The summed E-state index contributed by atoms with van der Waals surface area (Å²) in [5.74, 6) is -0.494. The highest BCUT2D eigenvalue weighted by atomic mass is 19.4. The van der Waals surface area contributed by atoms with Crippen LogP contribution in [0, 0.1) is 6.92 Å². The number of nitrogens with one attached hydrogen (secondary N) is 1. The first-order valence-electron chi connectivity index (χ1n) is 11.8. The molecule has 0 radical (unpaired) electrons. The van der Waals surface area contributed by atoms with E-state index in [4.69, 9.17) is 9.26 Å². The lowest BCUT2D eigenvalue weighted by Gasteiger charge is -2.40. The molecule has 2 aliphatic rings. The number of ketones is 1. The molecule has 12 nitrogen and oxygen atoms in total. The van der Waals surface area contributed by atoms with Crippen molar-refractivity contribution in [3.8, 4) is 0 Å². The Morgan fingerprint density at radius 2 is 2.05 bits per heavy atom. The van der Waals surface area contributed by atoms with E-state index in [0.717, 1.165) is 11.2 Å². The third-order valence-corrected chi connectivity index (χ3v) is 6.23. The van der Waals surface area contributed by atoms with Crippen molar-refractivity contribution >= 4 is 17.5 Å². The number of alkyl halides is 3. The highest BCUT2D eigenvalue weighted by Gasteiger charge is 2.47. The Balaban J connectivity index is 0.000000417. The number of anilines is 2. The van der Waals surface area contributed by atoms with Gasteiger partial charge >= 0.3 is 6.18 Å². The monoisotopic (exact) mass is 537 g/mol. The zero-order chi connectivity index (χ0) is 27.4. The highest BCUT2D eigenvalue weighted by molar-refractivity contribution is 5.99. The van der Waals surface area contributed by atoms with Gasteiger partial charge in [-0.3, -0.25) is 19.0 Å². The number of halogens is 3. The number of fused-ring (bicyclic) bond motifs is 1. The summed E-state index contributed by atoms with van der Waals surface area (Å²) >= 11 is 0. The van der Waals surface area contributed by atoms with E-state index in [9.17, 15) is 27.6 Å². The quantitative estimate of drug-likeness (QED) is 0.488. The number of aromatic amines is 1. The van der Waals surface area contributed by atoms with Gasteiger partial charge in [-0.2, -0.15) is 18.2 Å². The van der Waals surface area contributed by atoms with Gasteiger partial charge in [-0.05, 0) is 20.3 Å². The summed E-state index contributed by atoms with van der Waals surface area (Å²) in [6.07, 6.45) is -1.06. The van der Waals surface area contributed by atoms with Gasteiger partial charge in [-0.1, -0.05) is 5.16 Å². The third kappa shape index (κ3) is 5.93. The molecule has 15 heteroatoms. The van der Waals surface area contributed by atoms with Gasteiger partial charge in [-0.15, -0.1) is 0 Å². The number of carbonyl (C=O) groups excluding carboxylic acids is 1. The van der Waals surface area contributed by atoms with E-state index in [1.165, 1.54) is 36.1 Å². The van der Waals surface area contributed by atoms with E-state index in [1.807, 2.05) is 11.8 Å². The maximum atomic E-state index is 13.8. The zero-order valence-electron chi connectivity index (χ0n) is 20.6. The number of Topliss-reactive ketones (excluding diaryl/α,β-unsaturated/α-hetero) is 1. The van der Waals surface area contributed by atoms with E-state index in [-0.39, 0.29) is 47.6 Å². The molecule has 0 saturated carbocycles. The molecule has 2 aliphatic heterocycles. The summed E-state index contributed by atoms with van der Waals surface area (Å²) in [5, 5.41) is 3.61. The lowest BCUT2D eigenvalue weighted by atomic mass is 10.1. The summed E-state index contributed by atoms with van der Waals surface area (Å²) in [6, 6.07) is 0.643. The van der Waals surface area contributed by atoms with Crippen LogP contribution in [0.25, 0.3) is 0 Å². The predicted molar refractivity (Wildman–Crippen MR) is 128 cm³/mol. The predicted octanol–water partition coefficient (Wildman–Crippen LogP) is 1.56. The maximum Gasteiger partial charge on any atom is 0.408 e. The Hall–Kier alpha value is -4.01. The molecule has 5 heterocycles. The van der Waals surface area contributed by atoms with Crippen molar-refractivity contribution in [2.24, 2.45) is 0 Å². The van der Waals surface area contributed by atoms with Crippen LogP contribution < -0.4 is 20.9 Å². The SMILES string of the molecule is Cc1nocc1C(=O)CN1c2nc(N3CCOC[C@H]3C)cc(=O)n2CC[C@H]1C(F)(F)F.O=c1ccnc[nH]1. The molecular formula is C23H26F3N7O5. The van der Waals surface area contributed by atoms with Crippen LogP contribution in [0.4, 0.5) is 24.9 Å². The molecule has 0 amide bonds. The zero-order valence-corrected chi connectivity index (χ0v) is 20.6. The van der Waals surface area contributed by atoms with Crippen LogP contribution in [0.2, 0.25) is 0 Å². The fourth-order valence-electron chi connectivity index (χ4n) is 4.30. The minimum atomic E-state index is -4.60. The van der Waals surface area contributed by atoms with Gasteiger partial charge < -0.3 is 24.0 Å². The standard InChI is InChI=1S/C19H22F3N5O4.C4H4N2O/c1-11-9-30-6-5-25(11)16-7-17(29)26-4-3-15(19(20,21)22)27(18(26)23-16)8-14(28)13-10-31-24-12(13)2;7-4-1-2-5-3-6-4/h7,10-11,15H,3-6,8-9H2,1-2H3;1-3H,(H,5,6,7)/t11-,15+;/m1./s1. The average molecular weight is 537 g/mol. The average Bonchev–Trinajstić information content (AvgIpc) is 3.30. The molecule has 5 rings (SSSR count). The van der Waals surface area contributed by atoms with Gasteiger partial charge in [0.1, 0.15) is 18.1 Å². The minimum Gasteiger partial charge on any atom is -0.377 e. The second kappa shape index (κ2) is 11.2. The summed E-state index contributed by atoms with van der Waals surface area (Å²) in [5.41, 5.74) is -0.196. The number of carbonyl (C=O) groups is 1. The molecule has 1 fully saturated rings. The maximum absolute atomic E-state index is 13.8. The molecule has 0 bridgehead atoms. The van der Waals surface area contributed by atoms with Gasteiger partial charge in [-0.25, -0.2) is 4.98 Å². The number of hydrogen-bond donors (Lipinski definition) is 1. The largest absolute Gasteiger partial charge is 0.408 e. The van der Waals surface area contributed by atoms with Crippen molar-refractivity contribution in [3.05, 3.63) is 62.9 Å². The summed E-state index contributed by atoms with van der Waals surface area (Å²) < 4.78 is 52.9. The first-order valence-corrected chi connectivity index (χ1v) is 11.8. The lowest BCUT2D eigenvalue weighted by molar-refractivity contribution is -0.152. The molecule has 204 valence electrons. The van der Waals surface area contributed by atoms with Gasteiger partial charge in [0, 0.05) is 31.4 Å². The van der Waals surface area contributed by atoms with Crippen molar-refractivity contribution < 1.29 is 27.2 Å². The fraction of sp³-hybridized carbons (Fsp3) is 0.478. The van der Waals surface area contributed by atoms with Crippen molar-refractivity contribution in [2.75, 3.05) is 36.1 Å². The minimum absolute atomic E-state index is 0.0957. The number of hydrogen-bond acceptors (Lipinski definition) is 10. The molecule has 0 aliphatic carbocycles. The topological polar surface area (TPSA) is 139 Å². The van der Waals surface area contributed by atoms with Crippen LogP contribution in [0.5, 0.6) is 0 Å². The van der Waals surface area contributed by atoms with E-state index in [2.05, 4.69) is 20.1 Å². The molecule has 0 spiro atoms. The Kier molecular flexibility index (Phi) is 7.94. The molecular weight excluding hydrogens is 511 g/mol. The van der Waals surface area contributed by atoms with Crippen LogP contribution in [0.3, 0.4) is 0 Å². The Labute approximate surface area is 214 Å². The number of aromatic nitrogens is 5. The normalized spacial score (nSPS) is 19.4. The van der Waals surface area contributed by atoms with Crippen LogP contribution in [0.1, 0.15) is 29.4 Å². The molecule has 0 aromatic carbocycles. The molecule has 3 aromatic rings. The summed E-state index contributed by atoms with van der Waals surface area (Å²) in [4.78, 5) is 48.7. The van der Waals surface area contributed by atoms with Crippen LogP contribution in [0.15, 0.2) is 45.0 Å². The summed E-state index contributed by atoms with van der Waals surface area (Å²) in [7, 11) is 0. The smallest absolute Gasteiger partial charge is 0.377 e. The Bertz CT molecular complexity index is 1370. The van der Waals surface area contributed by atoms with Gasteiger partial charge in [0.25, 0.3) is 11.1 Å². The van der Waals surface area contributed by atoms with E-state index >= 15 is 0 Å². The fourth-order valence-corrected chi connectivity index (χ4v) is 4.30. The van der Waals surface area contributed by atoms with Crippen LogP contribution >= 0.6 is 0 Å². The van der Waals surface area contributed by atoms with Gasteiger partial charge in [0.2, 0.25) is 5.95 Å². The van der Waals surface area contributed by atoms with Crippen LogP contribution in [-0.4, -0.2) is 75.0 Å². The number of aryl methyl sites for hydroxylation is 1. The number of nitrogens with zero attached hydrogens (tertiary/aromatic N) is 6. The first kappa shape index (κ1) is 27.0. The van der Waals surface area contributed by atoms with E-state index < -0.39 is 30.1 Å².